The van der Waals surface area contributed by atoms with E-state index in [4.69, 9.17) is 9.52 Å². The Hall–Kier alpha value is -1.85. The highest BCUT2D eigenvalue weighted by molar-refractivity contribution is 5.95. The maximum Gasteiger partial charge on any atom is 0.326 e. The Labute approximate surface area is 105 Å². The molecule has 0 unspecified atom stereocenters. The summed E-state index contributed by atoms with van der Waals surface area (Å²) in [4.78, 5) is 26.9. The first-order valence-corrected chi connectivity index (χ1v) is 5.79. The summed E-state index contributed by atoms with van der Waals surface area (Å²) in [5.74, 6) is -0.966. The highest BCUT2D eigenvalue weighted by Crippen LogP contribution is 2.11. The minimum absolute atomic E-state index is 0.0718. The maximum absolute atomic E-state index is 11.9. The monoisotopic (exact) mass is 254 g/mol. The van der Waals surface area contributed by atoms with E-state index in [0.717, 1.165) is 0 Å². The molecule has 1 atom stereocenters. The van der Waals surface area contributed by atoms with Crippen LogP contribution in [-0.4, -0.2) is 28.0 Å². The number of nitrogens with zero attached hydrogens (tertiary/aromatic N) is 1. The fourth-order valence-electron chi connectivity index (χ4n) is 1.66. The van der Waals surface area contributed by atoms with Gasteiger partial charge in [-0.05, 0) is 19.3 Å². The second kappa shape index (κ2) is 5.66. The molecule has 1 heterocycles. The van der Waals surface area contributed by atoms with E-state index in [-0.39, 0.29) is 11.7 Å². The number of aryl methyl sites for hydroxylation is 2. The molecule has 1 amide bonds. The number of rotatable bonds is 5. The van der Waals surface area contributed by atoms with Crippen molar-refractivity contribution in [3.63, 3.8) is 0 Å². The van der Waals surface area contributed by atoms with Crippen molar-refractivity contribution in [1.29, 1.82) is 0 Å². The van der Waals surface area contributed by atoms with Crippen LogP contribution in [0.4, 0.5) is 0 Å². The standard InChI is InChI=1S/C12H18N2O4/c1-6(2)5-9(12(16)17)14-11(15)10-7(3)13-8(4)18-10/h6,9H,5H2,1-4H3,(H,14,15)(H,16,17)/t9-/m1/s1. The van der Waals surface area contributed by atoms with Gasteiger partial charge in [-0.1, -0.05) is 13.8 Å². The lowest BCUT2D eigenvalue weighted by Crippen LogP contribution is -2.41. The first kappa shape index (κ1) is 14.2. The van der Waals surface area contributed by atoms with Gasteiger partial charge >= 0.3 is 5.97 Å². The van der Waals surface area contributed by atoms with E-state index in [1.807, 2.05) is 13.8 Å². The van der Waals surface area contributed by atoms with Gasteiger partial charge in [0.15, 0.2) is 5.89 Å². The third kappa shape index (κ3) is 3.58. The van der Waals surface area contributed by atoms with Crippen LogP contribution in [0.25, 0.3) is 0 Å². The number of carboxylic acids is 1. The molecule has 2 N–H and O–H groups in total. The summed E-state index contributed by atoms with van der Waals surface area (Å²) in [5, 5.41) is 11.5. The van der Waals surface area contributed by atoms with Crippen molar-refractivity contribution >= 4 is 11.9 Å². The van der Waals surface area contributed by atoms with Gasteiger partial charge in [0.2, 0.25) is 5.76 Å². The lowest BCUT2D eigenvalue weighted by Gasteiger charge is -2.15. The van der Waals surface area contributed by atoms with Crippen molar-refractivity contribution in [3.8, 4) is 0 Å². The molecule has 0 spiro atoms. The van der Waals surface area contributed by atoms with Crippen LogP contribution in [-0.2, 0) is 4.79 Å². The third-order valence-corrected chi connectivity index (χ3v) is 2.42. The number of aromatic nitrogens is 1. The first-order valence-electron chi connectivity index (χ1n) is 5.79. The Morgan fingerprint density at radius 3 is 2.39 bits per heavy atom. The van der Waals surface area contributed by atoms with Crippen LogP contribution >= 0.6 is 0 Å². The van der Waals surface area contributed by atoms with Gasteiger partial charge in [0.25, 0.3) is 5.91 Å². The van der Waals surface area contributed by atoms with Gasteiger partial charge in [-0.2, -0.15) is 0 Å². The van der Waals surface area contributed by atoms with E-state index in [2.05, 4.69) is 10.3 Å². The topological polar surface area (TPSA) is 92.4 Å². The van der Waals surface area contributed by atoms with Crippen molar-refractivity contribution < 1.29 is 19.1 Å². The summed E-state index contributed by atoms with van der Waals surface area (Å²) >= 11 is 0. The predicted molar refractivity (Wildman–Crippen MR) is 64.3 cm³/mol. The van der Waals surface area contributed by atoms with Crippen molar-refractivity contribution in [1.82, 2.24) is 10.3 Å². The molecule has 100 valence electrons. The molecule has 6 heteroatoms. The van der Waals surface area contributed by atoms with Gasteiger partial charge in [0.1, 0.15) is 6.04 Å². The molecule has 1 aromatic heterocycles. The summed E-state index contributed by atoms with van der Waals surface area (Å²) in [6.45, 7) is 7.06. The van der Waals surface area contributed by atoms with Crippen LogP contribution in [0.3, 0.4) is 0 Å². The van der Waals surface area contributed by atoms with Crippen LogP contribution < -0.4 is 5.32 Å². The summed E-state index contributed by atoms with van der Waals surface area (Å²) in [6, 6.07) is -0.915. The molecular weight excluding hydrogens is 236 g/mol. The highest BCUT2D eigenvalue weighted by Gasteiger charge is 2.24. The van der Waals surface area contributed by atoms with E-state index in [0.29, 0.717) is 18.0 Å². The normalized spacial score (nSPS) is 12.5. The summed E-state index contributed by atoms with van der Waals surface area (Å²) in [7, 11) is 0. The Bertz CT molecular complexity index is 451. The molecule has 0 aliphatic rings. The minimum Gasteiger partial charge on any atom is -0.480 e. The van der Waals surface area contributed by atoms with E-state index >= 15 is 0 Å². The second-order valence-corrected chi connectivity index (χ2v) is 4.64. The lowest BCUT2D eigenvalue weighted by molar-refractivity contribution is -0.139. The Morgan fingerprint density at radius 2 is 2.00 bits per heavy atom. The van der Waals surface area contributed by atoms with Crippen LogP contribution in [0.15, 0.2) is 4.42 Å². The average molecular weight is 254 g/mol. The van der Waals surface area contributed by atoms with E-state index in [1.165, 1.54) is 0 Å². The van der Waals surface area contributed by atoms with Crippen molar-refractivity contribution in [3.05, 3.63) is 17.3 Å². The zero-order valence-corrected chi connectivity index (χ0v) is 11.0. The number of oxazole rings is 1. The fraction of sp³-hybridized carbons (Fsp3) is 0.583. The van der Waals surface area contributed by atoms with Gasteiger partial charge in [-0.3, -0.25) is 4.79 Å². The number of hydrogen-bond acceptors (Lipinski definition) is 4. The summed E-state index contributed by atoms with van der Waals surface area (Å²) in [6.07, 6.45) is 0.368. The zero-order chi connectivity index (χ0) is 13.9. The summed E-state index contributed by atoms with van der Waals surface area (Å²) < 4.78 is 5.15. The quantitative estimate of drug-likeness (QED) is 0.831. The molecule has 1 rings (SSSR count). The molecule has 0 bridgehead atoms. The van der Waals surface area contributed by atoms with Crippen molar-refractivity contribution in [2.24, 2.45) is 5.92 Å². The molecule has 0 aliphatic heterocycles. The molecule has 18 heavy (non-hydrogen) atoms. The third-order valence-electron chi connectivity index (χ3n) is 2.42. The van der Waals surface area contributed by atoms with E-state index in [1.54, 1.807) is 13.8 Å². The number of carboxylic acid groups (broad SMARTS) is 1. The van der Waals surface area contributed by atoms with E-state index in [9.17, 15) is 9.59 Å². The Kier molecular flexibility index (Phi) is 4.47. The number of aliphatic carboxylic acids is 1. The molecule has 0 fully saturated rings. The number of hydrogen-bond donors (Lipinski definition) is 2. The predicted octanol–water partition coefficient (Wildman–Crippen LogP) is 1.52. The van der Waals surface area contributed by atoms with Crippen LogP contribution in [0.5, 0.6) is 0 Å². The highest BCUT2D eigenvalue weighted by atomic mass is 16.4. The van der Waals surface area contributed by atoms with Gasteiger partial charge < -0.3 is 14.8 Å². The fourth-order valence-corrected chi connectivity index (χ4v) is 1.66. The van der Waals surface area contributed by atoms with Gasteiger partial charge in [-0.25, -0.2) is 9.78 Å². The molecule has 6 nitrogen and oxygen atoms in total. The van der Waals surface area contributed by atoms with Crippen LogP contribution in [0.1, 0.15) is 42.4 Å². The maximum atomic E-state index is 11.9. The van der Waals surface area contributed by atoms with Crippen molar-refractivity contribution in [2.75, 3.05) is 0 Å². The van der Waals surface area contributed by atoms with Gasteiger partial charge in [0.05, 0.1) is 5.69 Å². The minimum atomic E-state index is -1.05. The lowest BCUT2D eigenvalue weighted by atomic mass is 10.0. The van der Waals surface area contributed by atoms with E-state index < -0.39 is 17.9 Å². The molecular formula is C12H18N2O4. The smallest absolute Gasteiger partial charge is 0.326 e. The van der Waals surface area contributed by atoms with Crippen LogP contribution in [0.2, 0.25) is 0 Å². The average Bonchev–Trinajstić information content (AvgIpc) is 2.56. The largest absolute Gasteiger partial charge is 0.480 e. The SMILES string of the molecule is Cc1nc(C)c(C(=O)N[C@H](CC(C)C)C(=O)O)o1. The molecule has 0 saturated carbocycles. The molecule has 0 aromatic carbocycles. The van der Waals surface area contributed by atoms with Crippen LogP contribution in [0, 0.1) is 19.8 Å². The van der Waals surface area contributed by atoms with Gasteiger partial charge in [0, 0.05) is 6.92 Å². The summed E-state index contributed by atoms with van der Waals surface area (Å²) in [5.41, 5.74) is 0.457. The number of carbonyl (C=O) groups is 2. The number of carbonyl (C=O) groups excluding carboxylic acids is 1. The zero-order valence-electron chi connectivity index (χ0n) is 11.0. The Balaban J connectivity index is 2.78. The second-order valence-electron chi connectivity index (χ2n) is 4.64. The number of amides is 1. The molecule has 1 aromatic rings. The first-order chi connectivity index (χ1) is 8.31. The van der Waals surface area contributed by atoms with Crippen molar-refractivity contribution in [2.45, 2.75) is 40.2 Å². The Morgan fingerprint density at radius 1 is 1.39 bits per heavy atom. The number of nitrogens with one attached hydrogen (secondary N) is 1. The van der Waals surface area contributed by atoms with Gasteiger partial charge in [-0.15, -0.1) is 0 Å². The molecule has 0 radical (unpaired) electrons. The molecule has 0 saturated heterocycles. The molecule has 0 aliphatic carbocycles.